The summed E-state index contributed by atoms with van der Waals surface area (Å²) in [6.45, 7) is 4.83. The molecule has 0 saturated heterocycles. The molecule has 1 aliphatic carbocycles. The summed E-state index contributed by atoms with van der Waals surface area (Å²) in [6, 6.07) is 16.2. The molecule has 1 atom stereocenters. The molecule has 5 rings (SSSR count). The predicted molar refractivity (Wildman–Crippen MR) is 130 cm³/mol. The fraction of sp³-hybridized carbons (Fsp3) is 0.333. The topological polar surface area (TPSA) is 72.7 Å². The molecule has 0 aliphatic heterocycles. The number of thioether (sulfide) groups is 1. The lowest BCUT2D eigenvalue weighted by atomic mass is 10.1. The molecule has 2 heterocycles. The van der Waals surface area contributed by atoms with Gasteiger partial charge in [-0.05, 0) is 56.5 Å². The average Bonchev–Trinajstić information content (AvgIpc) is 3.44. The number of benzene rings is 2. The Morgan fingerprint density at radius 3 is 2.69 bits per heavy atom. The van der Waals surface area contributed by atoms with Crippen molar-refractivity contribution in [2.75, 3.05) is 5.32 Å². The van der Waals surface area contributed by atoms with Gasteiger partial charge in [-0.3, -0.25) is 4.79 Å². The number of nitrogens with zero attached hydrogens (tertiary/aromatic N) is 4. The van der Waals surface area contributed by atoms with Crippen molar-refractivity contribution in [2.24, 2.45) is 0 Å². The zero-order chi connectivity index (χ0) is 22.1. The second-order valence-electron chi connectivity index (χ2n) is 8.06. The maximum absolute atomic E-state index is 12.7. The molecule has 1 N–H and O–H groups in total. The first kappa shape index (κ1) is 21.2. The molecule has 1 saturated carbocycles. The van der Waals surface area contributed by atoms with Crippen LogP contribution in [0.4, 0.5) is 5.69 Å². The van der Waals surface area contributed by atoms with Crippen LogP contribution in [0.5, 0.6) is 0 Å². The second kappa shape index (κ2) is 9.03. The van der Waals surface area contributed by atoms with Crippen molar-refractivity contribution in [3.8, 4) is 0 Å². The summed E-state index contributed by atoms with van der Waals surface area (Å²) in [5.74, 6) is 1.57. The number of carbonyl (C=O) groups excluding carboxylic acids is 1. The predicted octanol–water partition coefficient (Wildman–Crippen LogP) is 5.50. The molecular formula is C24H25N5OS2. The van der Waals surface area contributed by atoms with E-state index in [1.54, 1.807) is 11.3 Å². The summed E-state index contributed by atoms with van der Waals surface area (Å²) in [5.41, 5.74) is 3.02. The molecule has 1 aliphatic rings. The van der Waals surface area contributed by atoms with E-state index in [1.807, 2.05) is 37.3 Å². The van der Waals surface area contributed by atoms with Gasteiger partial charge in [0.1, 0.15) is 5.82 Å². The first-order chi connectivity index (χ1) is 15.6. The third-order valence-electron chi connectivity index (χ3n) is 5.57. The van der Waals surface area contributed by atoms with Gasteiger partial charge in [0.15, 0.2) is 5.16 Å². The molecule has 0 spiro atoms. The Hall–Kier alpha value is -2.71. The third-order valence-corrected chi connectivity index (χ3v) is 7.69. The first-order valence-electron chi connectivity index (χ1n) is 10.9. The lowest BCUT2D eigenvalue weighted by molar-refractivity contribution is -0.115. The lowest BCUT2D eigenvalue weighted by Crippen LogP contribution is -2.23. The van der Waals surface area contributed by atoms with E-state index in [-0.39, 0.29) is 11.2 Å². The average molecular weight is 464 g/mol. The van der Waals surface area contributed by atoms with Gasteiger partial charge in [-0.25, -0.2) is 4.98 Å². The van der Waals surface area contributed by atoms with Gasteiger partial charge in [-0.1, -0.05) is 36.0 Å². The van der Waals surface area contributed by atoms with Gasteiger partial charge in [0.05, 0.1) is 20.5 Å². The van der Waals surface area contributed by atoms with Crippen LogP contribution in [0, 0.1) is 0 Å². The van der Waals surface area contributed by atoms with Crippen LogP contribution in [0.1, 0.15) is 49.0 Å². The molecule has 6 nitrogen and oxygen atoms in total. The van der Waals surface area contributed by atoms with Crippen molar-refractivity contribution in [1.82, 2.24) is 19.7 Å². The van der Waals surface area contributed by atoms with Crippen molar-refractivity contribution in [3.63, 3.8) is 0 Å². The number of rotatable bonds is 8. The van der Waals surface area contributed by atoms with Crippen molar-refractivity contribution in [2.45, 2.75) is 56.0 Å². The number of nitrogens with one attached hydrogen (secondary N) is 1. The number of aromatic nitrogens is 4. The van der Waals surface area contributed by atoms with Crippen LogP contribution < -0.4 is 5.32 Å². The minimum atomic E-state index is -0.265. The Labute approximate surface area is 195 Å². The molecule has 0 bridgehead atoms. The van der Waals surface area contributed by atoms with Crippen molar-refractivity contribution >= 4 is 44.9 Å². The Kier molecular flexibility index (Phi) is 5.97. The zero-order valence-corrected chi connectivity index (χ0v) is 19.7. The molecule has 1 fully saturated rings. The summed E-state index contributed by atoms with van der Waals surface area (Å²) in [7, 11) is 0. The van der Waals surface area contributed by atoms with Gasteiger partial charge in [0, 0.05) is 24.6 Å². The normalized spacial score (nSPS) is 14.6. The Morgan fingerprint density at radius 2 is 1.97 bits per heavy atom. The first-order valence-corrected chi connectivity index (χ1v) is 12.6. The lowest BCUT2D eigenvalue weighted by Gasteiger charge is -2.13. The quantitative estimate of drug-likeness (QED) is 0.350. The van der Waals surface area contributed by atoms with Crippen LogP contribution in [0.15, 0.2) is 53.7 Å². The van der Waals surface area contributed by atoms with Crippen LogP contribution >= 0.6 is 23.1 Å². The molecule has 32 heavy (non-hydrogen) atoms. The highest BCUT2D eigenvalue weighted by molar-refractivity contribution is 8.00. The molecule has 4 aromatic rings. The number of anilines is 1. The van der Waals surface area contributed by atoms with Crippen molar-refractivity contribution in [3.05, 3.63) is 64.9 Å². The Bertz CT molecular complexity index is 1210. The van der Waals surface area contributed by atoms with E-state index in [0.29, 0.717) is 5.92 Å². The summed E-state index contributed by atoms with van der Waals surface area (Å²) in [5, 5.41) is 13.4. The SMILES string of the molecule is CCn1c(S[C@@H](C)C(=O)Nc2ccc(Cc3nc4ccccc4s3)cc2)nnc1C1CC1. The number of carbonyl (C=O) groups is 1. The maximum atomic E-state index is 12.7. The molecule has 164 valence electrons. The molecule has 2 aromatic carbocycles. The zero-order valence-electron chi connectivity index (χ0n) is 18.1. The fourth-order valence-electron chi connectivity index (χ4n) is 3.66. The number of fused-ring (bicyclic) bond motifs is 1. The number of hydrogen-bond donors (Lipinski definition) is 1. The van der Waals surface area contributed by atoms with Crippen LogP contribution in [0.3, 0.4) is 0 Å². The highest BCUT2D eigenvalue weighted by Gasteiger charge is 2.30. The number of amides is 1. The molecule has 0 unspecified atom stereocenters. The van der Waals surface area contributed by atoms with Crippen LogP contribution in [-0.2, 0) is 17.8 Å². The van der Waals surface area contributed by atoms with Gasteiger partial charge in [-0.2, -0.15) is 0 Å². The van der Waals surface area contributed by atoms with Gasteiger partial charge in [0.25, 0.3) is 0 Å². The maximum Gasteiger partial charge on any atom is 0.237 e. The number of para-hydroxylation sites is 1. The van der Waals surface area contributed by atoms with E-state index in [0.717, 1.165) is 40.2 Å². The van der Waals surface area contributed by atoms with Crippen LogP contribution in [0.25, 0.3) is 10.2 Å². The summed E-state index contributed by atoms with van der Waals surface area (Å²) < 4.78 is 3.35. The van der Waals surface area contributed by atoms with Gasteiger partial charge in [0.2, 0.25) is 5.91 Å². The third kappa shape index (κ3) is 4.56. The molecule has 0 radical (unpaired) electrons. The summed E-state index contributed by atoms with van der Waals surface area (Å²) >= 11 is 3.19. The number of thiazole rings is 1. The molecular weight excluding hydrogens is 438 g/mol. The standard InChI is InChI=1S/C24H25N5OS2/c1-3-29-22(17-10-11-17)27-28-24(29)31-15(2)23(30)25-18-12-8-16(9-13-18)14-21-26-19-6-4-5-7-20(19)32-21/h4-9,12-13,15,17H,3,10-11,14H2,1-2H3,(H,25,30)/t15-/m0/s1. The second-order valence-corrected chi connectivity index (χ2v) is 10.5. The minimum absolute atomic E-state index is 0.0347. The monoisotopic (exact) mass is 463 g/mol. The Balaban J connectivity index is 1.20. The van der Waals surface area contributed by atoms with E-state index in [9.17, 15) is 4.79 Å². The summed E-state index contributed by atoms with van der Waals surface area (Å²) in [6.07, 6.45) is 3.16. The van der Waals surface area contributed by atoms with Gasteiger partial charge in [-0.15, -0.1) is 21.5 Å². The highest BCUT2D eigenvalue weighted by atomic mass is 32.2. The van der Waals surface area contributed by atoms with Gasteiger partial charge >= 0.3 is 0 Å². The largest absolute Gasteiger partial charge is 0.325 e. The summed E-state index contributed by atoms with van der Waals surface area (Å²) in [4.78, 5) is 17.5. The van der Waals surface area contributed by atoms with Gasteiger partial charge < -0.3 is 9.88 Å². The molecule has 2 aromatic heterocycles. The van der Waals surface area contributed by atoms with Crippen molar-refractivity contribution in [1.29, 1.82) is 0 Å². The smallest absolute Gasteiger partial charge is 0.237 e. The van der Waals surface area contributed by atoms with E-state index in [4.69, 9.17) is 4.98 Å². The van der Waals surface area contributed by atoms with E-state index < -0.39 is 0 Å². The van der Waals surface area contributed by atoms with E-state index in [2.05, 4.69) is 45.2 Å². The van der Waals surface area contributed by atoms with E-state index >= 15 is 0 Å². The molecule has 8 heteroatoms. The highest BCUT2D eigenvalue weighted by Crippen LogP contribution is 2.40. The van der Waals surface area contributed by atoms with Crippen LogP contribution in [-0.4, -0.2) is 30.9 Å². The van der Waals surface area contributed by atoms with E-state index in [1.165, 1.54) is 34.9 Å². The fourth-order valence-corrected chi connectivity index (χ4v) is 5.58. The van der Waals surface area contributed by atoms with Crippen molar-refractivity contribution < 1.29 is 4.79 Å². The molecule has 1 amide bonds. The van der Waals surface area contributed by atoms with Crippen LogP contribution in [0.2, 0.25) is 0 Å². The Morgan fingerprint density at radius 1 is 1.19 bits per heavy atom. The number of hydrogen-bond acceptors (Lipinski definition) is 6. The minimum Gasteiger partial charge on any atom is -0.325 e.